The monoisotopic (exact) mass is 309 g/mol. The van der Waals surface area contributed by atoms with Crippen molar-refractivity contribution in [2.45, 2.75) is 18.9 Å². The highest BCUT2D eigenvalue weighted by Crippen LogP contribution is 2.31. The van der Waals surface area contributed by atoms with E-state index in [-0.39, 0.29) is 23.4 Å². The van der Waals surface area contributed by atoms with E-state index < -0.39 is 28.9 Å². The number of hydrogen-bond acceptors (Lipinski definition) is 5. The van der Waals surface area contributed by atoms with E-state index in [9.17, 15) is 23.7 Å². The highest BCUT2D eigenvalue weighted by Gasteiger charge is 2.21. The van der Waals surface area contributed by atoms with Crippen LogP contribution < -0.4 is 4.74 Å². The van der Waals surface area contributed by atoms with Crippen molar-refractivity contribution in [3.8, 4) is 5.75 Å². The fourth-order valence-corrected chi connectivity index (χ4v) is 1.73. The van der Waals surface area contributed by atoms with Gasteiger partial charge in [0, 0.05) is 11.1 Å². The second-order valence-electron chi connectivity index (χ2n) is 3.61. The van der Waals surface area contributed by atoms with Crippen LogP contribution in [0.15, 0.2) is 12.1 Å². The Labute approximate surface area is 117 Å². The first-order chi connectivity index (χ1) is 9.38. The Morgan fingerprint density at radius 3 is 2.55 bits per heavy atom. The zero-order valence-electron chi connectivity index (χ0n) is 10.3. The average Bonchev–Trinajstić information content (AvgIpc) is 2.39. The number of nitrogens with zero attached hydrogens (tertiary/aromatic N) is 1. The van der Waals surface area contributed by atoms with Gasteiger partial charge in [0.25, 0.3) is 5.69 Å². The molecule has 0 atom stereocenters. The van der Waals surface area contributed by atoms with Gasteiger partial charge in [-0.25, -0.2) is 0 Å². The lowest BCUT2D eigenvalue weighted by Crippen LogP contribution is -2.10. The van der Waals surface area contributed by atoms with E-state index in [1.165, 1.54) is 6.07 Å². The number of esters is 1. The number of benzene rings is 1. The van der Waals surface area contributed by atoms with Crippen molar-refractivity contribution in [3.05, 3.63) is 33.4 Å². The first-order valence-electron chi connectivity index (χ1n) is 5.26. The zero-order chi connectivity index (χ0) is 15.3. The van der Waals surface area contributed by atoms with Crippen LogP contribution in [0, 0.1) is 10.1 Å². The SMILES string of the molecule is COC(=O)Cc1cc(CCl)c([N+](=O)[O-])cc1OC(F)F. The van der Waals surface area contributed by atoms with E-state index in [2.05, 4.69) is 9.47 Å². The minimum Gasteiger partial charge on any atom is -0.469 e. The molecule has 0 saturated heterocycles. The molecule has 0 aromatic heterocycles. The third-order valence-corrected chi connectivity index (χ3v) is 2.67. The highest BCUT2D eigenvalue weighted by molar-refractivity contribution is 6.17. The number of carbonyl (C=O) groups excluding carboxylic acids is 1. The Kier molecular flexibility index (Phi) is 5.63. The van der Waals surface area contributed by atoms with Crippen molar-refractivity contribution >= 4 is 23.3 Å². The Hall–Kier alpha value is -1.96. The average molecular weight is 310 g/mol. The fraction of sp³-hybridized carbons (Fsp3) is 0.364. The molecule has 0 aliphatic carbocycles. The minimum atomic E-state index is -3.17. The van der Waals surface area contributed by atoms with Gasteiger partial charge in [-0.05, 0) is 6.07 Å². The molecular weight excluding hydrogens is 300 g/mol. The number of nitro groups is 1. The maximum Gasteiger partial charge on any atom is 0.387 e. The molecular formula is C11H10ClF2NO5. The van der Waals surface area contributed by atoms with E-state index in [1.807, 2.05) is 0 Å². The molecule has 0 unspecified atom stereocenters. The molecule has 0 aliphatic rings. The van der Waals surface area contributed by atoms with Crippen LogP contribution >= 0.6 is 11.6 Å². The van der Waals surface area contributed by atoms with Gasteiger partial charge >= 0.3 is 12.6 Å². The lowest BCUT2D eigenvalue weighted by molar-refractivity contribution is -0.385. The Morgan fingerprint density at radius 2 is 2.10 bits per heavy atom. The quantitative estimate of drug-likeness (QED) is 0.349. The van der Waals surface area contributed by atoms with Crippen LogP contribution in [0.1, 0.15) is 11.1 Å². The molecule has 0 N–H and O–H groups in total. The standard InChI is InChI=1S/C11H10ClF2NO5/c1-19-10(16)3-6-2-7(5-12)8(15(17)18)4-9(6)20-11(13)14/h2,4,11H,3,5H2,1H3. The van der Waals surface area contributed by atoms with Crippen molar-refractivity contribution in [3.63, 3.8) is 0 Å². The molecule has 20 heavy (non-hydrogen) atoms. The second kappa shape index (κ2) is 6.99. The van der Waals surface area contributed by atoms with Crippen LogP contribution in [0.4, 0.5) is 14.5 Å². The molecule has 6 nitrogen and oxygen atoms in total. The van der Waals surface area contributed by atoms with Crippen LogP contribution in [0.25, 0.3) is 0 Å². The summed E-state index contributed by atoms with van der Waals surface area (Å²) < 4.78 is 33.2. The number of rotatable bonds is 6. The predicted octanol–water partition coefficient (Wildman–Crippen LogP) is 2.65. The summed E-state index contributed by atoms with van der Waals surface area (Å²) >= 11 is 5.57. The highest BCUT2D eigenvalue weighted by atomic mass is 35.5. The molecule has 0 aliphatic heterocycles. The van der Waals surface area contributed by atoms with Crippen LogP contribution in [-0.2, 0) is 21.8 Å². The van der Waals surface area contributed by atoms with E-state index in [4.69, 9.17) is 11.6 Å². The van der Waals surface area contributed by atoms with Crippen molar-refractivity contribution in [1.82, 2.24) is 0 Å². The lowest BCUT2D eigenvalue weighted by atomic mass is 10.1. The van der Waals surface area contributed by atoms with Gasteiger partial charge in [0.15, 0.2) is 0 Å². The molecule has 1 rings (SSSR count). The largest absolute Gasteiger partial charge is 0.469 e. The summed E-state index contributed by atoms with van der Waals surface area (Å²) in [7, 11) is 1.13. The molecule has 1 aromatic carbocycles. The summed E-state index contributed by atoms with van der Waals surface area (Å²) in [5.74, 6) is -1.36. The Morgan fingerprint density at radius 1 is 1.45 bits per heavy atom. The smallest absolute Gasteiger partial charge is 0.387 e. The van der Waals surface area contributed by atoms with Crippen molar-refractivity contribution < 1.29 is 28.0 Å². The van der Waals surface area contributed by atoms with Gasteiger partial charge in [0.2, 0.25) is 0 Å². The summed E-state index contributed by atoms with van der Waals surface area (Å²) in [5.41, 5.74) is -0.320. The van der Waals surface area contributed by atoms with Gasteiger partial charge in [-0.15, -0.1) is 11.6 Å². The number of ether oxygens (including phenoxy) is 2. The molecule has 0 radical (unpaired) electrons. The minimum absolute atomic E-state index is 0.0402. The van der Waals surface area contributed by atoms with E-state index in [0.29, 0.717) is 0 Å². The molecule has 1 aromatic rings. The topological polar surface area (TPSA) is 78.7 Å². The van der Waals surface area contributed by atoms with Gasteiger partial charge in [0.1, 0.15) is 5.75 Å². The summed E-state index contributed by atoms with van der Waals surface area (Å²) in [6.45, 7) is -3.17. The summed E-state index contributed by atoms with van der Waals surface area (Å²) in [6.07, 6.45) is -0.361. The number of halogens is 3. The van der Waals surface area contributed by atoms with Crippen molar-refractivity contribution in [2.24, 2.45) is 0 Å². The van der Waals surface area contributed by atoms with Gasteiger partial charge < -0.3 is 9.47 Å². The van der Waals surface area contributed by atoms with Crippen LogP contribution in [0.2, 0.25) is 0 Å². The predicted molar refractivity (Wildman–Crippen MR) is 65.0 cm³/mol. The molecule has 0 spiro atoms. The molecule has 0 saturated carbocycles. The molecule has 110 valence electrons. The van der Waals surface area contributed by atoms with Gasteiger partial charge in [0.05, 0.1) is 30.4 Å². The molecule has 0 fully saturated rings. The van der Waals surface area contributed by atoms with Gasteiger partial charge in [-0.2, -0.15) is 8.78 Å². The number of methoxy groups -OCH3 is 1. The molecule has 0 amide bonds. The molecule has 0 bridgehead atoms. The zero-order valence-corrected chi connectivity index (χ0v) is 11.0. The summed E-state index contributed by atoms with van der Waals surface area (Å²) in [4.78, 5) is 21.3. The second-order valence-corrected chi connectivity index (χ2v) is 3.88. The number of alkyl halides is 3. The third-order valence-electron chi connectivity index (χ3n) is 2.38. The van der Waals surface area contributed by atoms with E-state index in [1.54, 1.807) is 0 Å². The normalized spacial score (nSPS) is 10.4. The fourth-order valence-electron chi connectivity index (χ4n) is 1.51. The summed E-state index contributed by atoms with van der Waals surface area (Å²) in [6, 6.07) is 2.00. The Balaban J connectivity index is 3.30. The van der Waals surface area contributed by atoms with Crippen molar-refractivity contribution in [1.29, 1.82) is 0 Å². The third kappa shape index (κ3) is 4.02. The number of carbonyl (C=O) groups is 1. The van der Waals surface area contributed by atoms with Crippen molar-refractivity contribution in [2.75, 3.05) is 7.11 Å². The van der Waals surface area contributed by atoms with E-state index in [0.717, 1.165) is 13.2 Å². The molecule has 9 heteroatoms. The Bertz CT molecular complexity index is 524. The van der Waals surface area contributed by atoms with Gasteiger partial charge in [-0.3, -0.25) is 14.9 Å². The van der Waals surface area contributed by atoms with Crippen LogP contribution in [0.5, 0.6) is 5.75 Å². The first-order valence-corrected chi connectivity index (χ1v) is 5.80. The first kappa shape index (κ1) is 16.1. The maximum absolute atomic E-state index is 12.3. The number of hydrogen-bond donors (Lipinski definition) is 0. The lowest BCUT2D eigenvalue weighted by Gasteiger charge is -2.11. The number of nitro benzene ring substituents is 1. The van der Waals surface area contributed by atoms with E-state index >= 15 is 0 Å². The van der Waals surface area contributed by atoms with Gasteiger partial charge in [-0.1, -0.05) is 0 Å². The maximum atomic E-state index is 12.3. The van der Waals surface area contributed by atoms with Crippen LogP contribution in [-0.4, -0.2) is 24.6 Å². The van der Waals surface area contributed by atoms with Crippen LogP contribution in [0.3, 0.4) is 0 Å². The summed E-state index contributed by atoms with van der Waals surface area (Å²) in [5, 5.41) is 10.8. The molecule has 0 heterocycles.